The summed E-state index contributed by atoms with van der Waals surface area (Å²) in [6.07, 6.45) is 0.517. The van der Waals surface area contributed by atoms with Gasteiger partial charge in [-0.25, -0.2) is 26.3 Å². The van der Waals surface area contributed by atoms with Gasteiger partial charge in [-0.2, -0.15) is 8.78 Å². The van der Waals surface area contributed by atoms with Crippen LogP contribution in [0.4, 0.5) is 22.0 Å². The first-order valence-electron chi connectivity index (χ1n) is 11.5. The molecule has 0 aromatic heterocycles. The van der Waals surface area contributed by atoms with E-state index in [4.69, 9.17) is 4.74 Å². The maximum Gasteiger partial charge on any atom is 0.350 e. The van der Waals surface area contributed by atoms with E-state index in [1.165, 1.54) is 23.1 Å². The van der Waals surface area contributed by atoms with Crippen molar-refractivity contribution in [2.45, 2.75) is 49.6 Å². The highest BCUT2D eigenvalue weighted by Gasteiger charge is 2.62. The summed E-state index contributed by atoms with van der Waals surface area (Å²) < 4.78 is 102. The lowest BCUT2D eigenvalue weighted by molar-refractivity contribution is -0.157. The van der Waals surface area contributed by atoms with Gasteiger partial charge in [0.05, 0.1) is 12.6 Å². The Hall–Kier alpha value is -2.57. The third kappa shape index (κ3) is 4.39. The minimum atomic E-state index is -5.01. The molecule has 5 rings (SSSR count). The SMILES string of the molecule is O=C([C@H]1CCO1)N1CC2(CC2)[C@H](NS(=O)(=O)C(F)F)[C@@H]1Cc1cccc(-c2cc(F)ccc2F)c1F. The molecular weight excluding hydrogens is 507 g/mol. The number of nitrogens with zero attached hydrogens (tertiary/aromatic N) is 1. The van der Waals surface area contributed by atoms with Gasteiger partial charge in [-0.05, 0) is 43.0 Å². The van der Waals surface area contributed by atoms with Crippen molar-refractivity contribution in [3.05, 3.63) is 59.4 Å². The van der Waals surface area contributed by atoms with Crippen LogP contribution in [0.5, 0.6) is 0 Å². The van der Waals surface area contributed by atoms with Gasteiger partial charge in [0.1, 0.15) is 23.6 Å². The number of carbonyl (C=O) groups is 1. The zero-order chi connectivity index (χ0) is 25.8. The summed E-state index contributed by atoms with van der Waals surface area (Å²) in [4.78, 5) is 14.5. The second kappa shape index (κ2) is 9.07. The van der Waals surface area contributed by atoms with Crippen LogP contribution >= 0.6 is 0 Å². The normalized spacial score (nSPS) is 24.8. The van der Waals surface area contributed by atoms with E-state index >= 15 is 4.39 Å². The summed E-state index contributed by atoms with van der Waals surface area (Å²) in [7, 11) is -5.01. The van der Waals surface area contributed by atoms with Crippen LogP contribution in [0.25, 0.3) is 11.1 Å². The van der Waals surface area contributed by atoms with Gasteiger partial charge in [0.2, 0.25) is 0 Å². The summed E-state index contributed by atoms with van der Waals surface area (Å²) in [5.74, 6) is -6.57. The average Bonchev–Trinajstić information content (AvgIpc) is 3.50. The first-order valence-corrected chi connectivity index (χ1v) is 13.0. The highest BCUT2D eigenvalue weighted by atomic mass is 32.2. The molecule has 36 heavy (non-hydrogen) atoms. The Labute approximate surface area is 204 Å². The molecular formula is C24H23F5N2O4S. The standard InChI is InChI=1S/C24H23F5N2O4S/c25-14-4-5-17(26)16(11-14)15-3-1-2-13(20(15)27)10-18-21(30-36(33,34)23(28)29)24(7-8-24)12-31(18)22(32)19-6-9-35-19/h1-5,11,18-19,21,23,30H,6-10,12H2/t18-,19+,21+/m0/s1. The maximum absolute atomic E-state index is 15.6. The molecule has 3 fully saturated rings. The molecule has 1 amide bonds. The molecule has 194 valence electrons. The molecule has 2 aromatic rings. The van der Waals surface area contributed by atoms with Gasteiger partial charge in [-0.1, -0.05) is 18.2 Å². The van der Waals surface area contributed by atoms with Crippen LogP contribution in [0.1, 0.15) is 24.8 Å². The summed E-state index contributed by atoms with van der Waals surface area (Å²) in [6, 6.07) is 4.66. The zero-order valence-corrected chi connectivity index (χ0v) is 19.7. The molecule has 1 spiro atoms. The van der Waals surface area contributed by atoms with E-state index in [9.17, 15) is 30.8 Å². The summed E-state index contributed by atoms with van der Waals surface area (Å²) in [5.41, 5.74) is -1.25. The van der Waals surface area contributed by atoms with E-state index in [1.807, 2.05) is 0 Å². The molecule has 12 heteroatoms. The Morgan fingerprint density at radius 1 is 1.14 bits per heavy atom. The lowest BCUT2D eigenvalue weighted by atomic mass is 9.91. The Morgan fingerprint density at radius 2 is 1.86 bits per heavy atom. The monoisotopic (exact) mass is 530 g/mol. The first kappa shape index (κ1) is 25.1. The minimum Gasteiger partial charge on any atom is -0.368 e. The fourth-order valence-corrected chi connectivity index (χ4v) is 6.03. The molecule has 2 aliphatic heterocycles. The molecule has 3 atom stereocenters. The second-order valence-corrected chi connectivity index (χ2v) is 11.2. The zero-order valence-electron chi connectivity index (χ0n) is 18.9. The van der Waals surface area contributed by atoms with E-state index in [0.29, 0.717) is 25.9 Å². The third-order valence-electron chi connectivity index (χ3n) is 7.33. The van der Waals surface area contributed by atoms with E-state index in [1.54, 1.807) is 0 Å². The number of ether oxygens (including phenoxy) is 1. The number of alkyl halides is 2. The maximum atomic E-state index is 15.6. The Bertz CT molecular complexity index is 1300. The Balaban J connectivity index is 1.53. The predicted molar refractivity (Wildman–Crippen MR) is 119 cm³/mol. The number of amides is 1. The van der Waals surface area contributed by atoms with Gasteiger partial charge in [-0.3, -0.25) is 4.79 Å². The lowest BCUT2D eigenvalue weighted by Crippen LogP contribution is -2.53. The second-order valence-electron chi connectivity index (χ2n) is 9.55. The van der Waals surface area contributed by atoms with Gasteiger partial charge in [0.25, 0.3) is 15.9 Å². The number of rotatable bonds is 7. The highest BCUT2D eigenvalue weighted by Crippen LogP contribution is 2.56. The van der Waals surface area contributed by atoms with Gasteiger partial charge in [0, 0.05) is 35.5 Å². The van der Waals surface area contributed by atoms with Crippen molar-refractivity contribution in [1.82, 2.24) is 9.62 Å². The molecule has 3 aliphatic rings. The summed E-state index contributed by atoms with van der Waals surface area (Å²) in [5, 5.41) is 0. The van der Waals surface area contributed by atoms with Crippen molar-refractivity contribution in [2.75, 3.05) is 13.2 Å². The van der Waals surface area contributed by atoms with Crippen LogP contribution < -0.4 is 4.72 Å². The molecule has 0 bridgehead atoms. The molecule has 1 N–H and O–H groups in total. The number of carbonyl (C=O) groups excluding carboxylic acids is 1. The molecule has 1 aliphatic carbocycles. The van der Waals surface area contributed by atoms with Crippen LogP contribution in [0.15, 0.2) is 36.4 Å². The van der Waals surface area contributed by atoms with Crippen molar-refractivity contribution in [3.8, 4) is 11.1 Å². The number of sulfonamides is 1. The van der Waals surface area contributed by atoms with E-state index in [2.05, 4.69) is 4.72 Å². The van der Waals surface area contributed by atoms with Gasteiger partial charge >= 0.3 is 5.76 Å². The fraction of sp³-hybridized carbons (Fsp3) is 0.458. The number of likely N-dealkylation sites (tertiary alicyclic amines) is 1. The van der Waals surface area contributed by atoms with Crippen molar-refractivity contribution in [1.29, 1.82) is 0 Å². The number of hydrogen-bond acceptors (Lipinski definition) is 4. The number of nitrogens with one attached hydrogen (secondary N) is 1. The van der Waals surface area contributed by atoms with E-state index < -0.39 is 62.7 Å². The van der Waals surface area contributed by atoms with Crippen molar-refractivity contribution in [3.63, 3.8) is 0 Å². The van der Waals surface area contributed by atoms with E-state index in [0.717, 1.165) is 18.2 Å². The molecule has 2 saturated heterocycles. The van der Waals surface area contributed by atoms with E-state index in [-0.39, 0.29) is 29.7 Å². The molecule has 1 saturated carbocycles. The number of halogens is 5. The summed E-state index contributed by atoms with van der Waals surface area (Å²) in [6.45, 7) is 0.504. The molecule has 0 radical (unpaired) electrons. The fourth-order valence-electron chi connectivity index (χ4n) is 5.16. The van der Waals surface area contributed by atoms with Gasteiger partial charge < -0.3 is 9.64 Å². The van der Waals surface area contributed by atoms with Gasteiger partial charge in [-0.15, -0.1) is 0 Å². The van der Waals surface area contributed by atoms with Crippen LogP contribution in [0.3, 0.4) is 0 Å². The third-order valence-corrected chi connectivity index (χ3v) is 8.38. The largest absolute Gasteiger partial charge is 0.368 e. The summed E-state index contributed by atoms with van der Waals surface area (Å²) >= 11 is 0. The Kier molecular flexibility index (Phi) is 6.32. The highest BCUT2D eigenvalue weighted by molar-refractivity contribution is 7.89. The van der Waals surface area contributed by atoms with Crippen molar-refractivity contribution in [2.24, 2.45) is 5.41 Å². The molecule has 6 nitrogen and oxygen atoms in total. The number of benzene rings is 2. The van der Waals surface area contributed by atoms with Crippen molar-refractivity contribution >= 4 is 15.9 Å². The predicted octanol–water partition coefficient (Wildman–Crippen LogP) is 3.60. The lowest BCUT2D eigenvalue weighted by Gasteiger charge is -2.34. The van der Waals surface area contributed by atoms with Crippen LogP contribution in [-0.2, 0) is 26.0 Å². The smallest absolute Gasteiger partial charge is 0.350 e. The minimum absolute atomic E-state index is 0.00688. The average molecular weight is 531 g/mol. The number of hydrogen-bond donors (Lipinski definition) is 1. The Morgan fingerprint density at radius 3 is 2.47 bits per heavy atom. The first-order chi connectivity index (χ1) is 17.0. The van der Waals surface area contributed by atoms with Crippen LogP contribution in [-0.4, -0.2) is 56.3 Å². The quantitative estimate of drug-likeness (QED) is 0.556. The molecule has 2 heterocycles. The van der Waals surface area contributed by atoms with Crippen LogP contribution in [0, 0.1) is 22.9 Å². The van der Waals surface area contributed by atoms with Gasteiger partial charge in [0.15, 0.2) is 0 Å². The van der Waals surface area contributed by atoms with Crippen LogP contribution in [0.2, 0.25) is 0 Å². The topological polar surface area (TPSA) is 75.7 Å². The van der Waals surface area contributed by atoms with Crippen molar-refractivity contribution < 1.29 is 39.9 Å². The molecule has 2 aromatic carbocycles. The molecule has 0 unspecified atom stereocenters.